The van der Waals surface area contributed by atoms with Gasteiger partial charge in [-0.1, -0.05) is 12.1 Å². The zero-order chi connectivity index (χ0) is 14.5. The fourth-order valence-corrected chi connectivity index (χ4v) is 2.56. The van der Waals surface area contributed by atoms with E-state index < -0.39 is 0 Å². The average Bonchev–Trinajstić information content (AvgIpc) is 2.41. The monoisotopic (exact) mass is 268 g/mol. The van der Waals surface area contributed by atoms with Gasteiger partial charge in [0, 0.05) is 24.5 Å². The summed E-state index contributed by atoms with van der Waals surface area (Å²) in [5.74, 6) is 0. The van der Waals surface area contributed by atoms with Gasteiger partial charge in [-0.05, 0) is 74.2 Å². The van der Waals surface area contributed by atoms with Gasteiger partial charge in [0.05, 0.1) is 0 Å². The Hall–Kier alpha value is -1.96. The van der Waals surface area contributed by atoms with Crippen molar-refractivity contribution >= 4 is 11.4 Å². The van der Waals surface area contributed by atoms with Crippen molar-refractivity contribution < 1.29 is 0 Å². The number of hydrogen-bond donors (Lipinski definition) is 2. The molecule has 2 rings (SSSR count). The molecule has 0 bridgehead atoms. The van der Waals surface area contributed by atoms with Crippen molar-refractivity contribution in [1.29, 1.82) is 0 Å². The van der Waals surface area contributed by atoms with E-state index in [1.165, 1.54) is 33.6 Å². The van der Waals surface area contributed by atoms with E-state index in [-0.39, 0.29) is 0 Å². The molecule has 2 heteroatoms. The molecule has 0 aliphatic heterocycles. The van der Waals surface area contributed by atoms with Crippen molar-refractivity contribution in [2.45, 2.75) is 27.7 Å². The highest BCUT2D eigenvalue weighted by atomic mass is 14.9. The van der Waals surface area contributed by atoms with Crippen LogP contribution in [-0.2, 0) is 0 Å². The fourth-order valence-electron chi connectivity index (χ4n) is 2.56. The third-order valence-electron chi connectivity index (χ3n) is 3.50. The lowest BCUT2D eigenvalue weighted by Crippen LogP contribution is -1.98. The molecule has 0 heterocycles. The molecule has 0 spiro atoms. The highest BCUT2D eigenvalue weighted by Gasteiger charge is 2.06. The molecule has 0 aliphatic carbocycles. The molecule has 0 saturated heterocycles. The van der Waals surface area contributed by atoms with Crippen molar-refractivity contribution in [3.05, 3.63) is 47.5 Å². The smallest absolute Gasteiger partial charge is 0.0343 e. The van der Waals surface area contributed by atoms with Crippen LogP contribution in [0.1, 0.15) is 25.0 Å². The molecular weight excluding hydrogens is 244 g/mol. The number of rotatable bonds is 5. The first-order chi connectivity index (χ1) is 9.65. The molecule has 0 aliphatic rings. The minimum atomic E-state index is 0.954. The quantitative estimate of drug-likeness (QED) is 0.811. The summed E-state index contributed by atoms with van der Waals surface area (Å²) in [6.07, 6.45) is 0. The summed E-state index contributed by atoms with van der Waals surface area (Å²) in [4.78, 5) is 0. The topological polar surface area (TPSA) is 24.1 Å². The summed E-state index contributed by atoms with van der Waals surface area (Å²) >= 11 is 0. The van der Waals surface area contributed by atoms with Crippen LogP contribution in [0.15, 0.2) is 36.4 Å². The lowest BCUT2D eigenvalue weighted by Gasteiger charge is -2.13. The van der Waals surface area contributed by atoms with Crippen molar-refractivity contribution in [2.24, 2.45) is 0 Å². The predicted octanol–water partition coefficient (Wildman–Crippen LogP) is 4.83. The maximum Gasteiger partial charge on any atom is 0.0343 e. The SMILES string of the molecule is CCNc1ccc(-c2ccc(NCC)cc2C)c(C)c1. The predicted molar refractivity (Wildman–Crippen MR) is 89.7 cm³/mol. The van der Waals surface area contributed by atoms with Crippen LogP contribution in [-0.4, -0.2) is 13.1 Å². The van der Waals surface area contributed by atoms with Gasteiger partial charge in [0.2, 0.25) is 0 Å². The van der Waals surface area contributed by atoms with E-state index in [4.69, 9.17) is 0 Å². The average molecular weight is 268 g/mol. The van der Waals surface area contributed by atoms with Crippen LogP contribution >= 0.6 is 0 Å². The molecule has 2 nitrogen and oxygen atoms in total. The Morgan fingerprint density at radius 3 is 1.40 bits per heavy atom. The second-order valence-electron chi connectivity index (χ2n) is 5.12. The summed E-state index contributed by atoms with van der Waals surface area (Å²) in [7, 11) is 0. The van der Waals surface area contributed by atoms with Gasteiger partial charge in [-0.25, -0.2) is 0 Å². The van der Waals surface area contributed by atoms with Crippen LogP contribution < -0.4 is 10.6 Å². The zero-order valence-corrected chi connectivity index (χ0v) is 12.9. The van der Waals surface area contributed by atoms with Gasteiger partial charge in [0.25, 0.3) is 0 Å². The van der Waals surface area contributed by atoms with Gasteiger partial charge >= 0.3 is 0 Å². The van der Waals surface area contributed by atoms with Crippen LogP contribution in [0.25, 0.3) is 11.1 Å². The Morgan fingerprint density at radius 1 is 0.700 bits per heavy atom. The van der Waals surface area contributed by atoms with Crippen LogP contribution in [0.2, 0.25) is 0 Å². The Bertz CT molecular complexity index is 534. The molecule has 20 heavy (non-hydrogen) atoms. The largest absolute Gasteiger partial charge is 0.385 e. The van der Waals surface area contributed by atoms with Crippen molar-refractivity contribution in [3.63, 3.8) is 0 Å². The summed E-state index contributed by atoms with van der Waals surface area (Å²) in [5, 5.41) is 6.71. The van der Waals surface area contributed by atoms with E-state index in [2.05, 4.69) is 74.7 Å². The van der Waals surface area contributed by atoms with Crippen LogP contribution in [0.4, 0.5) is 11.4 Å². The maximum absolute atomic E-state index is 3.36. The molecule has 2 aromatic carbocycles. The molecule has 0 amide bonds. The molecule has 2 N–H and O–H groups in total. The Balaban J connectivity index is 2.36. The molecule has 0 saturated carbocycles. The summed E-state index contributed by atoms with van der Waals surface area (Å²) < 4.78 is 0. The number of hydrogen-bond acceptors (Lipinski definition) is 2. The maximum atomic E-state index is 3.36. The molecule has 106 valence electrons. The van der Waals surface area contributed by atoms with Crippen LogP contribution in [0.3, 0.4) is 0 Å². The Kier molecular flexibility index (Phi) is 4.67. The number of nitrogens with one attached hydrogen (secondary N) is 2. The van der Waals surface area contributed by atoms with E-state index >= 15 is 0 Å². The zero-order valence-electron chi connectivity index (χ0n) is 12.9. The molecule has 2 aromatic rings. The molecular formula is C18H24N2. The number of anilines is 2. The minimum absolute atomic E-state index is 0.954. The van der Waals surface area contributed by atoms with Gasteiger partial charge in [-0.2, -0.15) is 0 Å². The third kappa shape index (κ3) is 3.13. The Morgan fingerprint density at radius 2 is 1.10 bits per heavy atom. The van der Waals surface area contributed by atoms with Gasteiger partial charge in [0.15, 0.2) is 0 Å². The van der Waals surface area contributed by atoms with E-state index in [0.29, 0.717) is 0 Å². The normalized spacial score (nSPS) is 10.4. The van der Waals surface area contributed by atoms with Crippen molar-refractivity contribution in [2.75, 3.05) is 23.7 Å². The fraction of sp³-hybridized carbons (Fsp3) is 0.333. The van der Waals surface area contributed by atoms with E-state index in [9.17, 15) is 0 Å². The van der Waals surface area contributed by atoms with Gasteiger partial charge in [-0.3, -0.25) is 0 Å². The van der Waals surface area contributed by atoms with Crippen LogP contribution in [0, 0.1) is 13.8 Å². The first-order valence-corrected chi connectivity index (χ1v) is 7.35. The highest BCUT2D eigenvalue weighted by molar-refractivity contribution is 5.74. The summed E-state index contributed by atoms with van der Waals surface area (Å²) in [5.41, 5.74) is 7.62. The summed E-state index contributed by atoms with van der Waals surface area (Å²) in [6.45, 7) is 10.5. The molecule has 0 radical (unpaired) electrons. The van der Waals surface area contributed by atoms with Crippen molar-refractivity contribution in [3.8, 4) is 11.1 Å². The lowest BCUT2D eigenvalue weighted by molar-refractivity contribution is 1.20. The second-order valence-corrected chi connectivity index (χ2v) is 5.12. The van der Waals surface area contributed by atoms with E-state index in [1.807, 2.05) is 0 Å². The highest BCUT2D eigenvalue weighted by Crippen LogP contribution is 2.30. The molecule has 0 atom stereocenters. The minimum Gasteiger partial charge on any atom is -0.385 e. The first kappa shape index (κ1) is 14.4. The standard InChI is InChI=1S/C18H24N2/c1-5-19-15-7-9-17(13(3)11-15)18-10-8-16(20-6-2)12-14(18)4/h7-12,19-20H,5-6H2,1-4H3. The van der Waals surface area contributed by atoms with E-state index in [0.717, 1.165) is 13.1 Å². The van der Waals surface area contributed by atoms with Crippen molar-refractivity contribution in [1.82, 2.24) is 0 Å². The summed E-state index contributed by atoms with van der Waals surface area (Å²) in [6, 6.07) is 13.2. The lowest BCUT2D eigenvalue weighted by atomic mass is 9.96. The molecule has 0 aromatic heterocycles. The molecule has 0 unspecified atom stereocenters. The van der Waals surface area contributed by atoms with Gasteiger partial charge in [-0.15, -0.1) is 0 Å². The van der Waals surface area contributed by atoms with Gasteiger partial charge < -0.3 is 10.6 Å². The van der Waals surface area contributed by atoms with Gasteiger partial charge in [0.1, 0.15) is 0 Å². The number of aryl methyl sites for hydroxylation is 2. The number of benzene rings is 2. The second kappa shape index (κ2) is 6.47. The first-order valence-electron chi connectivity index (χ1n) is 7.35. The van der Waals surface area contributed by atoms with E-state index in [1.54, 1.807) is 0 Å². The van der Waals surface area contributed by atoms with Crippen LogP contribution in [0.5, 0.6) is 0 Å². The third-order valence-corrected chi connectivity index (χ3v) is 3.50. The Labute approximate surface area is 122 Å². The molecule has 0 fully saturated rings.